The Kier molecular flexibility index (Phi) is 6.76. The van der Waals surface area contributed by atoms with Gasteiger partial charge >= 0.3 is 5.97 Å². The van der Waals surface area contributed by atoms with Gasteiger partial charge in [0, 0.05) is 27.5 Å². The minimum Gasteiger partial charge on any atom is -0.468 e. The predicted octanol–water partition coefficient (Wildman–Crippen LogP) is 5.52. The van der Waals surface area contributed by atoms with E-state index < -0.39 is 11.6 Å². The molecule has 2 aliphatic rings. The Labute approximate surface area is 226 Å². The van der Waals surface area contributed by atoms with Crippen LogP contribution in [0.25, 0.3) is 0 Å². The van der Waals surface area contributed by atoms with Gasteiger partial charge in [-0.25, -0.2) is 9.88 Å². The van der Waals surface area contributed by atoms with Crippen molar-refractivity contribution in [2.75, 3.05) is 18.6 Å². The molecular formula is C25H23BrCl2N4O4. The van der Waals surface area contributed by atoms with Crippen molar-refractivity contribution in [3.63, 3.8) is 0 Å². The molecule has 0 bridgehead atoms. The molecule has 0 saturated carbocycles. The van der Waals surface area contributed by atoms with E-state index in [2.05, 4.69) is 20.9 Å². The number of aromatic nitrogens is 2. The Morgan fingerprint density at radius 1 is 1.19 bits per heavy atom. The third-order valence-electron chi connectivity index (χ3n) is 6.52. The van der Waals surface area contributed by atoms with E-state index in [0.717, 1.165) is 16.5 Å². The summed E-state index contributed by atoms with van der Waals surface area (Å²) in [6.07, 6.45) is 3.34. The fourth-order valence-corrected chi connectivity index (χ4v) is 5.62. The molecule has 1 aromatic heterocycles. The first-order valence-electron chi connectivity index (χ1n) is 11.4. The SMILES string of the molecule is COC(=O)C1CCCN1Oc1cnc2n1[C@](C)(Cc1ccc(Br)cc1)C(=O)N2c1cc(Cl)cc(Cl)c1. The summed E-state index contributed by atoms with van der Waals surface area (Å²) in [6.45, 7) is 2.40. The van der Waals surface area contributed by atoms with Gasteiger partial charge in [0.05, 0.1) is 19.0 Å². The van der Waals surface area contributed by atoms with E-state index >= 15 is 0 Å². The van der Waals surface area contributed by atoms with Crippen LogP contribution in [0.4, 0.5) is 11.6 Å². The van der Waals surface area contributed by atoms with Crippen molar-refractivity contribution in [3.05, 3.63) is 68.7 Å². The molecule has 36 heavy (non-hydrogen) atoms. The van der Waals surface area contributed by atoms with E-state index in [4.69, 9.17) is 32.8 Å². The van der Waals surface area contributed by atoms with E-state index in [1.807, 2.05) is 31.2 Å². The highest BCUT2D eigenvalue weighted by molar-refractivity contribution is 9.10. The van der Waals surface area contributed by atoms with Crippen molar-refractivity contribution < 1.29 is 19.2 Å². The first-order chi connectivity index (χ1) is 17.2. The van der Waals surface area contributed by atoms with Crippen LogP contribution in [0.2, 0.25) is 10.0 Å². The second-order valence-corrected chi connectivity index (χ2v) is 10.8. The van der Waals surface area contributed by atoms with Crippen LogP contribution in [-0.2, 0) is 26.3 Å². The van der Waals surface area contributed by atoms with Gasteiger partial charge in [0.1, 0.15) is 11.6 Å². The molecular weight excluding hydrogens is 571 g/mol. The first kappa shape index (κ1) is 25.1. The molecule has 3 aromatic rings. The monoisotopic (exact) mass is 592 g/mol. The number of hydroxylamine groups is 2. The number of halogens is 3. The number of ether oxygens (including phenoxy) is 1. The molecule has 1 amide bonds. The molecule has 0 aliphatic carbocycles. The van der Waals surface area contributed by atoms with E-state index in [0.29, 0.717) is 46.9 Å². The van der Waals surface area contributed by atoms with Crippen molar-refractivity contribution in [1.29, 1.82) is 0 Å². The number of imidazole rings is 1. The molecule has 188 valence electrons. The van der Waals surface area contributed by atoms with Crippen LogP contribution >= 0.6 is 39.1 Å². The van der Waals surface area contributed by atoms with Gasteiger partial charge in [0.15, 0.2) is 0 Å². The van der Waals surface area contributed by atoms with Crippen LogP contribution < -0.4 is 9.74 Å². The summed E-state index contributed by atoms with van der Waals surface area (Å²) in [7, 11) is 1.36. The topological polar surface area (TPSA) is 76.9 Å². The van der Waals surface area contributed by atoms with Crippen LogP contribution in [0.1, 0.15) is 25.3 Å². The van der Waals surface area contributed by atoms with Gasteiger partial charge in [-0.15, -0.1) is 5.06 Å². The zero-order valence-electron chi connectivity index (χ0n) is 19.6. The lowest BCUT2D eigenvalue weighted by Crippen LogP contribution is -2.43. The molecule has 2 aliphatic heterocycles. The zero-order valence-corrected chi connectivity index (χ0v) is 22.7. The third kappa shape index (κ3) is 4.38. The highest BCUT2D eigenvalue weighted by atomic mass is 79.9. The number of methoxy groups -OCH3 is 1. The number of benzene rings is 2. The fourth-order valence-electron chi connectivity index (χ4n) is 4.84. The average Bonchev–Trinajstić information content (AvgIpc) is 3.52. The van der Waals surface area contributed by atoms with Gasteiger partial charge in [-0.2, -0.15) is 0 Å². The number of rotatable bonds is 6. The van der Waals surface area contributed by atoms with E-state index in [-0.39, 0.29) is 11.9 Å². The number of anilines is 2. The lowest BCUT2D eigenvalue weighted by atomic mass is 9.92. The highest BCUT2D eigenvalue weighted by Crippen LogP contribution is 2.45. The van der Waals surface area contributed by atoms with Gasteiger partial charge in [-0.05, 0) is 55.7 Å². The Hall–Kier alpha value is -2.59. The Morgan fingerprint density at radius 2 is 1.89 bits per heavy atom. The number of carbonyl (C=O) groups is 2. The first-order valence-corrected chi connectivity index (χ1v) is 12.9. The van der Waals surface area contributed by atoms with Crippen molar-refractivity contribution in [3.8, 4) is 5.88 Å². The molecule has 1 unspecified atom stereocenters. The molecule has 11 heteroatoms. The van der Waals surface area contributed by atoms with Gasteiger partial charge in [0.2, 0.25) is 11.8 Å². The molecule has 0 radical (unpaired) electrons. The number of amides is 1. The molecule has 3 heterocycles. The third-order valence-corrected chi connectivity index (χ3v) is 7.49. The Morgan fingerprint density at radius 3 is 2.56 bits per heavy atom. The molecule has 1 fully saturated rings. The van der Waals surface area contributed by atoms with Gasteiger partial charge in [-0.3, -0.25) is 14.2 Å². The normalized spacial score (nSPS) is 21.6. The summed E-state index contributed by atoms with van der Waals surface area (Å²) in [6, 6.07) is 12.2. The standard InChI is InChI=1S/C25H23BrCl2N4O4/c1-25(13-15-5-7-16(26)8-6-15)23(34)31(19-11-17(27)10-18(28)12-19)24-29-14-21(32(24)25)36-30-9-3-4-20(30)22(33)35-2/h5-8,10-12,14,20H,3-4,9,13H2,1-2H3/t20?,25-/m1/s1. The van der Waals surface area contributed by atoms with E-state index in [1.54, 1.807) is 34.0 Å². The lowest BCUT2D eigenvalue weighted by Gasteiger charge is -2.28. The summed E-state index contributed by atoms with van der Waals surface area (Å²) in [5, 5.41) is 2.40. The van der Waals surface area contributed by atoms with Gasteiger partial charge < -0.3 is 9.57 Å². The van der Waals surface area contributed by atoms with Gasteiger partial charge in [0.25, 0.3) is 5.91 Å². The van der Waals surface area contributed by atoms with Crippen molar-refractivity contribution in [1.82, 2.24) is 14.6 Å². The quantitative estimate of drug-likeness (QED) is 0.350. The molecule has 0 N–H and O–H groups in total. The Balaban J connectivity index is 1.59. The Bertz CT molecular complexity index is 1310. The minimum absolute atomic E-state index is 0.206. The second kappa shape index (κ2) is 9.70. The van der Waals surface area contributed by atoms with Crippen LogP contribution in [-0.4, -0.2) is 46.2 Å². The van der Waals surface area contributed by atoms with Crippen LogP contribution in [0, 0.1) is 0 Å². The predicted molar refractivity (Wildman–Crippen MR) is 140 cm³/mol. The average molecular weight is 594 g/mol. The minimum atomic E-state index is -1.08. The molecule has 2 atom stereocenters. The maximum atomic E-state index is 14.1. The number of nitrogens with zero attached hydrogens (tertiary/aromatic N) is 4. The number of esters is 1. The van der Waals surface area contributed by atoms with Crippen LogP contribution in [0.3, 0.4) is 0 Å². The maximum absolute atomic E-state index is 14.1. The van der Waals surface area contributed by atoms with Crippen molar-refractivity contribution in [2.45, 2.75) is 37.8 Å². The maximum Gasteiger partial charge on any atom is 0.326 e. The molecule has 8 nitrogen and oxygen atoms in total. The van der Waals surface area contributed by atoms with Crippen molar-refractivity contribution in [2.24, 2.45) is 0 Å². The van der Waals surface area contributed by atoms with E-state index in [1.165, 1.54) is 12.0 Å². The summed E-state index contributed by atoms with van der Waals surface area (Å²) < 4.78 is 7.67. The second-order valence-electron chi connectivity index (χ2n) is 8.99. The summed E-state index contributed by atoms with van der Waals surface area (Å²) >= 11 is 16.0. The summed E-state index contributed by atoms with van der Waals surface area (Å²) in [5.74, 6) is 0.159. The molecule has 0 spiro atoms. The molecule has 1 saturated heterocycles. The smallest absolute Gasteiger partial charge is 0.326 e. The lowest BCUT2D eigenvalue weighted by molar-refractivity contribution is -0.159. The highest BCUT2D eigenvalue weighted by Gasteiger charge is 2.51. The molecule has 5 rings (SSSR count). The number of hydrogen-bond donors (Lipinski definition) is 0. The zero-order chi connectivity index (χ0) is 25.6. The van der Waals surface area contributed by atoms with Crippen LogP contribution in [0.15, 0.2) is 53.1 Å². The fraction of sp³-hybridized carbons (Fsp3) is 0.320. The molecule has 2 aromatic carbocycles. The summed E-state index contributed by atoms with van der Waals surface area (Å²) in [5.41, 5.74) is 0.382. The summed E-state index contributed by atoms with van der Waals surface area (Å²) in [4.78, 5) is 38.6. The van der Waals surface area contributed by atoms with E-state index in [9.17, 15) is 9.59 Å². The number of fused-ring (bicyclic) bond motifs is 1. The number of hydrogen-bond acceptors (Lipinski definition) is 6. The van der Waals surface area contributed by atoms with Gasteiger partial charge in [-0.1, -0.05) is 51.3 Å². The number of carbonyl (C=O) groups excluding carboxylic acids is 2. The van der Waals surface area contributed by atoms with Crippen LogP contribution in [0.5, 0.6) is 5.88 Å². The van der Waals surface area contributed by atoms with Crippen molar-refractivity contribution >= 4 is 62.6 Å². The largest absolute Gasteiger partial charge is 0.468 e.